The van der Waals surface area contributed by atoms with E-state index >= 15 is 0 Å². The topological polar surface area (TPSA) is 73.9 Å². The van der Waals surface area contributed by atoms with Gasteiger partial charge in [-0.25, -0.2) is 4.79 Å². The van der Waals surface area contributed by atoms with E-state index in [9.17, 15) is 9.59 Å². The van der Waals surface area contributed by atoms with Crippen LogP contribution in [0.2, 0.25) is 0 Å². The van der Waals surface area contributed by atoms with Crippen molar-refractivity contribution in [1.29, 1.82) is 0 Å². The average molecular weight is 399 g/mol. The van der Waals surface area contributed by atoms with E-state index < -0.39 is 12.1 Å². The minimum atomic E-state index is -0.815. The Hall–Kier alpha value is -3.02. The molecule has 0 spiro atoms. The molecule has 0 radical (unpaired) electrons. The number of rotatable bonds is 8. The van der Waals surface area contributed by atoms with E-state index in [-0.39, 0.29) is 17.9 Å². The molecule has 0 bridgehead atoms. The van der Waals surface area contributed by atoms with Gasteiger partial charge in [0, 0.05) is 6.54 Å². The van der Waals surface area contributed by atoms with E-state index in [2.05, 4.69) is 26.1 Å². The third kappa shape index (κ3) is 7.14. The summed E-state index contributed by atoms with van der Waals surface area (Å²) in [7, 11) is 1.59. The molecule has 29 heavy (non-hydrogen) atoms. The van der Waals surface area contributed by atoms with Gasteiger partial charge in [-0.3, -0.25) is 4.79 Å². The van der Waals surface area contributed by atoms with Crippen LogP contribution in [0.25, 0.3) is 0 Å². The highest BCUT2D eigenvalue weighted by atomic mass is 16.6. The van der Waals surface area contributed by atoms with Gasteiger partial charge in [0.25, 0.3) is 5.91 Å². The number of benzene rings is 2. The predicted octanol–water partition coefficient (Wildman–Crippen LogP) is 3.62. The van der Waals surface area contributed by atoms with Crippen molar-refractivity contribution >= 4 is 11.9 Å². The summed E-state index contributed by atoms with van der Waals surface area (Å²) in [5.41, 5.74) is 2.14. The van der Waals surface area contributed by atoms with Crippen molar-refractivity contribution < 1.29 is 23.8 Å². The summed E-state index contributed by atoms with van der Waals surface area (Å²) in [4.78, 5) is 24.0. The van der Waals surface area contributed by atoms with Crippen molar-refractivity contribution in [2.24, 2.45) is 0 Å². The predicted molar refractivity (Wildman–Crippen MR) is 111 cm³/mol. The van der Waals surface area contributed by atoms with Crippen molar-refractivity contribution in [1.82, 2.24) is 5.32 Å². The van der Waals surface area contributed by atoms with E-state index in [1.807, 2.05) is 48.5 Å². The number of nitrogens with one attached hydrogen (secondary N) is 1. The Morgan fingerprint density at radius 2 is 1.55 bits per heavy atom. The van der Waals surface area contributed by atoms with Gasteiger partial charge in [0.15, 0.2) is 12.7 Å². The molecule has 0 aliphatic heterocycles. The third-order valence-corrected chi connectivity index (χ3v) is 4.36. The van der Waals surface area contributed by atoms with Crippen LogP contribution in [-0.2, 0) is 26.3 Å². The van der Waals surface area contributed by atoms with Crippen LogP contribution < -0.4 is 14.8 Å². The van der Waals surface area contributed by atoms with Gasteiger partial charge in [0.1, 0.15) is 11.5 Å². The van der Waals surface area contributed by atoms with Gasteiger partial charge in [-0.2, -0.15) is 0 Å². The second kappa shape index (κ2) is 9.96. The number of ether oxygens (including phenoxy) is 3. The minimum Gasteiger partial charge on any atom is -0.497 e. The number of hydrogen-bond acceptors (Lipinski definition) is 5. The summed E-state index contributed by atoms with van der Waals surface area (Å²) in [6.45, 7) is 7.96. The first-order chi connectivity index (χ1) is 13.7. The molecular formula is C23H29NO5. The Morgan fingerprint density at radius 1 is 0.966 bits per heavy atom. The highest BCUT2D eigenvalue weighted by Crippen LogP contribution is 2.24. The number of amides is 1. The van der Waals surface area contributed by atoms with Gasteiger partial charge in [0.2, 0.25) is 0 Å². The monoisotopic (exact) mass is 399 g/mol. The second-order valence-corrected chi connectivity index (χ2v) is 7.77. The molecule has 6 heteroatoms. The molecule has 1 atom stereocenters. The maximum absolute atomic E-state index is 12.1. The fourth-order valence-corrected chi connectivity index (χ4v) is 2.53. The van der Waals surface area contributed by atoms with Crippen LogP contribution in [0.1, 0.15) is 38.8 Å². The molecule has 0 heterocycles. The molecule has 1 N–H and O–H groups in total. The molecular weight excluding hydrogens is 370 g/mol. The summed E-state index contributed by atoms with van der Waals surface area (Å²) in [6.07, 6.45) is -0.815. The SMILES string of the molecule is COc1ccc(CNC(=O)COC(=O)[C@H](C)Oc2ccc(C(C)(C)C)cc2)cc1. The summed E-state index contributed by atoms with van der Waals surface area (Å²) in [5, 5.41) is 2.70. The maximum atomic E-state index is 12.1. The lowest BCUT2D eigenvalue weighted by Crippen LogP contribution is -2.32. The Bertz CT molecular complexity index is 807. The third-order valence-electron chi connectivity index (χ3n) is 4.36. The Morgan fingerprint density at radius 3 is 2.10 bits per heavy atom. The number of methoxy groups -OCH3 is 1. The smallest absolute Gasteiger partial charge is 0.347 e. The van der Waals surface area contributed by atoms with Crippen LogP contribution in [0.4, 0.5) is 0 Å². The van der Waals surface area contributed by atoms with Gasteiger partial charge < -0.3 is 19.5 Å². The maximum Gasteiger partial charge on any atom is 0.347 e. The highest BCUT2D eigenvalue weighted by molar-refractivity contribution is 5.82. The fraction of sp³-hybridized carbons (Fsp3) is 0.391. The van der Waals surface area contributed by atoms with Crippen LogP contribution >= 0.6 is 0 Å². The van der Waals surface area contributed by atoms with Gasteiger partial charge in [0.05, 0.1) is 7.11 Å². The summed E-state index contributed by atoms with van der Waals surface area (Å²) >= 11 is 0. The molecule has 156 valence electrons. The molecule has 6 nitrogen and oxygen atoms in total. The van der Waals surface area contributed by atoms with Crippen LogP contribution in [0.5, 0.6) is 11.5 Å². The Kier molecular flexibility index (Phi) is 7.65. The summed E-state index contributed by atoms with van der Waals surface area (Å²) in [6, 6.07) is 14.9. The lowest BCUT2D eigenvalue weighted by Gasteiger charge is -2.20. The largest absolute Gasteiger partial charge is 0.497 e. The van der Waals surface area contributed by atoms with E-state index in [4.69, 9.17) is 14.2 Å². The van der Waals surface area contributed by atoms with Crippen LogP contribution in [0.15, 0.2) is 48.5 Å². The van der Waals surface area contributed by atoms with E-state index in [0.717, 1.165) is 11.3 Å². The fourth-order valence-electron chi connectivity index (χ4n) is 2.53. The zero-order chi connectivity index (χ0) is 21.4. The van der Waals surface area contributed by atoms with Crippen LogP contribution in [-0.4, -0.2) is 31.7 Å². The van der Waals surface area contributed by atoms with E-state index in [0.29, 0.717) is 12.3 Å². The standard InChI is InChI=1S/C23H29NO5/c1-16(29-20-12-8-18(9-13-20)23(2,3)4)22(26)28-15-21(25)24-14-17-6-10-19(27-5)11-7-17/h6-13,16H,14-15H2,1-5H3,(H,24,25)/t16-/m0/s1. The number of carbonyl (C=O) groups excluding carboxylic acids is 2. The normalized spacial score (nSPS) is 12.0. The van der Waals surface area contributed by atoms with Gasteiger partial charge in [-0.1, -0.05) is 45.0 Å². The van der Waals surface area contributed by atoms with Gasteiger partial charge in [-0.05, 0) is 47.7 Å². The number of hydrogen-bond donors (Lipinski definition) is 1. The molecule has 2 rings (SSSR count). The van der Waals surface area contributed by atoms with Crippen molar-refractivity contribution in [2.75, 3.05) is 13.7 Å². The first-order valence-electron chi connectivity index (χ1n) is 9.52. The Balaban J connectivity index is 1.75. The lowest BCUT2D eigenvalue weighted by atomic mass is 9.87. The molecule has 0 saturated carbocycles. The van der Waals surface area contributed by atoms with E-state index in [1.165, 1.54) is 5.56 Å². The summed E-state index contributed by atoms with van der Waals surface area (Å²) < 4.78 is 15.7. The molecule has 0 unspecified atom stereocenters. The molecule has 0 aromatic heterocycles. The molecule has 2 aromatic rings. The average Bonchev–Trinajstić information content (AvgIpc) is 2.70. The van der Waals surface area contributed by atoms with Crippen molar-refractivity contribution in [3.8, 4) is 11.5 Å². The van der Waals surface area contributed by atoms with Crippen molar-refractivity contribution in [3.05, 3.63) is 59.7 Å². The quantitative estimate of drug-likeness (QED) is 0.687. The van der Waals surface area contributed by atoms with E-state index in [1.54, 1.807) is 14.0 Å². The number of carbonyl (C=O) groups is 2. The molecule has 0 aliphatic rings. The molecule has 1 amide bonds. The van der Waals surface area contributed by atoms with Gasteiger partial charge >= 0.3 is 5.97 Å². The molecule has 0 aliphatic carbocycles. The number of esters is 1. The van der Waals surface area contributed by atoms with Crippen LogP contribution in [0.3, 0.4) is 0 Å². The zero-order valence-corrected chi connectivity index (χ0v) is 17.7. The van der Waals surface area contributed by atoms with Crippen LogP contribution in [0, 0.1) is 0 Å². The molecule has 2 aromatic carbocycles. The molecule has 0 fully saturated rings. The first kappa shape index (κ1) is 22.3. The zero-order valence-electron chi connectivity index (χ0n) is 17.7. The first-order valence-corrected chi connectivity index (χ1v) is 9.52. The lowest BCUT2D eigenvalue weighted by molar-refractivity contribution is -0.154. The van der Waals surface area contributed by atoms with Crippen molar-refractivity contribution in [2.45, 2.75) is 45.8 Å². The van der Waals surface area contributed by atoms with Crippen molar-refractivity contribution in [3.63, 3.8) is 0 Å². The molecule has 0 saturated heterocycles. The Labute approximate surface area is 172 Å². The summed E-state index contributed by atoms with van der Waals surface area (Å²) in [5.74, 6) is 0.350. The minimum absolute atomic E-state index is 0.0439. The highest BCUT2D eigenvalue weighted by Gasteiger charge is 2.19. The second-order valence-electron chi connectivity index (χ2n) is 7.77. The van der Waals surface area contributed by atoms with Gasteiger partial charge in [-0.15, -0.1) is 0 Å².